The molecule has 2 aromatic rings. The summed E-state index contributed by atoms with van der Waals surface area (Å²) in [6.07, 6.45) is 0.317. The zero-order chi connectivity index (χ0) is 13.7. The third kappa shape index (κ3) is 4.08. The van der Waals surface area contributed by atoms with Crippen molar-refractivity contribution in [3.63, 3.8) is 0 Å². The molecule has 1 amide bonds. The number of benzene rings is 2. The average Bonchev–Trinajstić information content (AvgIpc) is 2.39. The Balaban J connectivity index is 2.05. The molecule has 0 aliphatic carbocycles. The third-order valence-corrected chi connectivity index (χ3v) is 3.53. The van der Waals surface area contributed by atoms with Gasteiger partial charge in [0.15, 0.2) is 0 Å². The number of alkyl halides is 1. The number of para-hydroxylation sites is 1. The van der Waals surface area contributed by atoms with Gasteiger partial charge in [0.05, 0.1) is 6.42 Å². The molecule has 0 aliphatic rings. The number of rotatable bonds is 4. The van der Waals surface area contributed by atoms with E-state index in [1.165, 1.54) is 0 Å². The van der Waals surface area contributed by atoms with Crippen molar-refractivity contribution in [1.82, 2.24) is 0 Å². The fourth-order valence-electron chi connectivity index (χ4n) is 1.79. The monoisotopic (exact) mass is 337 g/mol. The molecule has 98 valence electrons. The number of hydrogen-bond donors (Lipinski definition) is 1. The van der Waals surface area contributed by atoms with Gasteiger partial charge in [-0.1, -0.05) is 57.9 Å². The predicted molar refractivity (Wildman–Crippen MR) is 82.9 cm³/mol. The SMILES string of the molecule is O=C(Cc1cccc(Cl)c1)Nc1ccccc1CBr. The summed E-state index contributed by atoms with van der Waals surface area (Å²) < 4.78 is 0. The fraction of sp³-hybridized carbons (Fsp3) is 0.133. The van der Waals surface area contributed by atoms with Crippen LogP contribution in [0.25, 0.3) is 0 Å². The van der Waals surface area contributed by atoms with E-state index in [0.717, 1.165) is 16.8 Å². The molecule has 0 fully saturated rings. The lowest BCUT2D eigenvalue weighted by Crippen LogP contribution is -2.15. The molecule has 2 nitrogen and oxygen atoms in total. The van der Waals surface area contributed by atoms with E-state index in [-0.39, 0.29) is 5.91 Å². The van der Waals surface area contributed by atoms with Gasteiger partial charge in [0.25, 0.3) is 0 Å². The maximum atomic E-state index is 12.0. The molecule has 4 heteroatoms. The molecule has 0 radical (unpaired) electrons. The highest BCUT2D eigenvalue weighted by molar-refractivity contribution is 9.08. The molecule has 19 heavy (non-hydrogen) atoms. The van der Waals surface area contributed by atoms with E-state index >= 15 is 0 Å². The number of carbonyl (C=O) groups excluding carboxylic acids is 1. The van der Waals surface area contributed by atoms with Gasteiger partial charge in [-0.3, -0.25) is 4.79 Å². The smallest absolute Gasteiger partial charge is 0.228 e. The van der Waals surface area contributed by atoms with Crippen LogP contribution in [0.5, 0.6) is 0 Å². The van der Waals surface area contributed by atoms with Crippen LogP contribution < -0.4 is 5.32 Å². The predicted octanol–water partition coefficient (Wildman–Crippen LogP) is 4.42. The molecule has 2 rings (SSSR count). The van der Waals surface area contributed by atoms with Crippen LogP contribution in [0, 0.1) is 0 Å². The second-order valence-electron chi connectivity index (χ2n) is 4.15. The fourth-order valence-corrected chi connectivity index (χ4v) is 2.49. The molecule has 1 N–H and O–H groups in total. The average molecular weight is 339 g/mol. The van der Waals surface area contributed by atoms with Crippen LogP contribution in [-0.4, -0.2) is 5.91 Å². The van der Waals surface area contributed by atoms with Crippen LogP contribution in [0.4, 0.5) is 5.69 Å². The Labute approximate surface area is 125 Å². The Kier molecular flexibility index (Phi) is 5.00. The summed E-state index contributed by atoms with van der Waals surface area (Å²) in [5, 5.41) is 4.27. The second kappa shape index (κ2) is 6.73. The van der Waals surface area contributed by atoms with E-state index in [0.29, 0.717) is 16.8 Å². The number of amides is 1. The zero-order valence-corrected chi connectivity index (χ0v) is 12.5. The first kappa shape index (κ1) is 14.1. The molecule has 0 unspecified atom stereocenters. The second-order valence-corrected chi connectivity index (χ2v) is 5.14. The van der Waals surface area contributed by atoms with Crippen molar-refractivity contribution < 1.29 is 4.79 Å². The lowest BCUT2D eigenvalue weighted by atomic mass is 10.1. The summed E-state index contributed by atoms with van der Waals surface area (Å²) in [5.41, 5.74) is 2.80. The minimum absolute atomic E-state index is 0.0457. The summed E-state index contributed by atoms with van der Waals surface area (Å²) in [5.74, 6) is -0.0457. The van der Waals surface area contributed by atoms with Gasteiger partial charge >= 0.3 is 0 Å². The van der Waals surface area contributed by atoms with Gasteiger partial charge in [0, 0.05) is 16.0 Å². The Hall–Kier alpha value is -1.32. The van der Waals surface area contributed by atoms with Gasteiger partial charge < -0.3 is 5.32 Å². The first-order valence-electron chi connectivity index (χ1n) is 5.87. The Morgan fingerprint density at radius 2 is 1.95 bits per heavy atom. The van der Waals surface area contributed by atoms with Gasteiger partial charge in [-0.05, 0) is 29.3 Å². The Morgan fingerprint density at radius 3 is 2.68 bits per heavy atom. The highest BCUT2D eigenvalue weighted by Gasteiger charge is 2.07. The van der Waals surface area contributed by atoms with Gasteiger partial charge in [-0.2, -0.15) is 0 Å². The van der Waals surface area contributed by atoms with E-state index in [1.807, 2.05) is 36.4 Å². The Bertz CT molecular complexity index is 586. The molecule has 0 spiro atoms. The first-order chi connectivity index (χ1) is 9.19. The number of nitrogens with one attached hydrogen (secondary N) is 1. The van der Waals surface area contributed by atoms with Crippen molar-refractivity contribution in [2.75, 3.05) is 5.32 Å². The van der Waals surface area contributed by atoms with E-state index in [1.54, 1.807) is 12.1 Å². The molecule has 2 aromatic carbocycles. The van der Waals surface area contributed by atoms with Crippen molar-refractivity contribution in [1.29, 1.82) is 0 Å². The number of carbonyl (C=O) groups is 1. The van der Waals surface area contributed by atoms with E-state index in [4.69, 9.17) is 11.6 Å². The van der Waals surface area contributed by atoms with Crippen molar-refractivity contribution in [3.05, 3.63) is 64.7 Å². The summed E-state index contributed by atoms with van der Waals surface area (Å²) in [7, 11) is 0. The quantitative estimate of drug-likeness (QED) is 0.822. The van der Waals surface area contributed by atoms with Crippen LogP contribution in [-0.2, 0) is 16.5 Å². The lowest BCUT2D eigenvalue weighted by molar-refractivity contribution is -0.115. The van der Waals surface area contributed by atoms with Gasteiger partial charge in [-0.15, -0.1) is 0 Å². The van der Waals surface area contributed by atoms with Crippen LogP contribution in [0.3, 0.4) is 0 Å². The molecule has 0 bridgehead atoms. The molecular weight excluding hydrogens is 326 g/mol. The molecule has 0 aliphatic heterocycles. The van der Waals surface area contributed by atoms with Crippen LogP contribution in [0.1, 0.15) is 11.1 Å². The van der Waals surface area contributed by atoms with Crippen molar-refractivity contribution in [3.8, 4) is 0 Å². The van der Waals surface area contributed by atoms with Gasteiger partial charge in [-0.25, -0.2) is 0 Å². The summed E-state index contributed by atoms with van der Waals surface area (Å²) in [6.45, 7) is 0. The molecular formula is C15H13BrClNO. The minimum Gasteiger partial charge on any atom is -0.326 e. The Morgan fingerprint density at radius 1 is 1.16 bits per heavy atom. The minimum atomic E-state index is -0.0457. The summed E-state index contributed by atoms with van der Waals surface area (Å²) in [6, 6.07) is 15.1. The molecule has 0 heterocycles. The van der Waals surface area contributed by atoms with Crippen molar-refractivity contribution >= 4 is 39.1 Å². The maximum Gasteiger partial charge on any atom is 0.228 e. The topological polar surface area (TPSA) is 29.1 Å². The van der Waals surface area contributed by atoms with Crippen molar-refractivity contribution in [2.45, 2.75) is 11.8 Å². The van der Waals surface area contributed by atoms with E-state index in [2.05, 4.69) is 21.2 Å². The zero-order valence-electron chi connectivity index (χ0n) is 10.2. The maximum absolute atomic E-state index is 12.0. The molecule has 0 aromatic heterocycles. The molecule has 0 saturated carbocycles. The lowest BCUT2D eigenvalue weighted by Gasteiger charge is -2.09. The van der Waals surface area contributed by atoms with Crippen LogP contribution in [0.15, 0.2) is 48.5 Å². The van der Waals surface area contributed by atoms with Crippen LogP contribution in [0.2, 0.25) is 5.02 Å². The highest BCUT2D eigenvalue weighted by Crippen LogP contribution is 2.18. The number of anilines is 1. The van der Waals surface area contributed by atoms with E-state index in [9.17, 15) is 4.79 Å². The molecule has 0 saturated heterocycles. The van der Waals surface area contributed by atoms with Gasteiger partial charge in [0.2, 0.25) is 5.91 Å². The van der Waals surface area contributed by atoms with Crippen LogP contribution >= 0.6 is 27.5 Å². The van der Waals surface area contributed by atoms with Crippen molar-refractivity contribution in [2.24, 2.45) is 0 Å². The first-order valence-corrected chi connectivity index (χ1v) is 7.37. The third-order valence-electron chi connectivity index (χ3n) is 2.69. The van der Waals surface area contributed by atoms with Gasteiger partial charge in [0.1, 0.15) is 0 Å². The summed E-state index contributed by atoms with van der Waals surface area (Å²) in [4.78, 5) is 12.0. The highest BCUT2D eigenvalue weighted by atomic mass is 79.9. The standard InChI is InChI=1S/C15H13BrClNO/c16-10-12-5-1-2-7-14(12)18-15(19)9-11-4-3-6-13(17)8-11/h1-8H,9-10H2,(H,18,19). The largest absolute Gasteiger partial charge is 0.326 e. The normalized spacial score (nSPS) is 10.2. The number of hydrogen-bond acceptors (Lipinski definition) is 1. The molecule has 0 atom stereocenters. The van der Waals surface area contributed by atoms with E-state index < -0.39 is 0 Å². The number of halogens is 2. The summed E-state index contributed by atoms with van der Waals surface area (Å²) >= 11 is 9.30.